The van der Waals surface area contributed by atoms with Crippen molar-refractivity contribution in [3.63, 3.8) is 0 Å². The standard InChI is InChI=1S/C13H9ClO2.2C9H7ClO2/c1-8(15)9-2-3-11-7-12(13(14)16)5-4-10(11)6-9;1-6(11)7-2-4-8(5-3-7)9(10)12;1-6(11)7-3-2-4-8(5-7)9(10)12/h2-7H,1H3;2*2-5H,1H3. The third kappa shape index (κ3) is 9.65. The highest BCUT2D eigenvalue weighted by atomic mass is 35.5. The fraction of sp³-hybridized carbons (Fsp3) is 0.0968. The summed E-state index contributed by atoms with van der Waals surface area (Å²) in [6.07, 6.45) is 0. The number of benzene rings is 4. The van der Waals surface area contributed by atoms with E-state index in [1.807, 2.05) is 6.07 Å². The Bertz CT molecular complexity index is 1490. The van der Waals surface area contributed by atoms with E-state index in [1.54, 1.807) is 60.7 Å². The van der Waals surface area contributed by atoms with E-state index in [0.717, 1.165) is 10.8 Å². The van der Waals surface area contributed by atoms with Gasteiger partial charge in [-0.15, -0.1) is 0 Å². The lowest BCUT2D eigenvalue weighted by Crippen LogP contribution is -1.95. The summed E-state index contributed by atoms with van der Waals surface area (Å²) in [5.74, 6) is -0.0715. The highest BCUT2D eigenvalue weighted by molar-refractivity contribution is 6.68. The van der Waals surface area contributed by atoms with E-state index in [0.29, 0.717) is 33.4 Å². The van der Waals surface area contributed by atoms with Crippen LogP contribution in [0.2, 0.25) is 0 Å². The van der Waals surface area contributed by atoms with Gasteiger partial charge >= 0.3 is 0 Å². The molecule has 4 aromatic carbocycles. The number of halogens is 3. The fourth-order valence-corrected chi connectivity index (χ4v) is 3.64. The van der Waals surface area contributed by atoms with Crippen molar-refractivity contribution < 1.29 is 28.8 Å². The molecule has 40 heavy (non-hydrogen) atoms. The highest BCUT2D eigenvalue weighted by Gasteiger charge is 2.06. The molecule has 0 atom stereocenters. The number of hydrogen-bond donors (Lipinski definition) is 0. The van der Waals surface area contributed by atoms with Crippen molar-refractivity contribution in [3.05, 3.63) is 118 Å². The van der Waals surface area contributed by atoms with Gasteiger partial charge in [0.25, 0.3) is 15.7 Å². The van der Waals surface area contributed by atoms with E-state index in [9.17, 15) is 28.8 Å². The van der Waals surface area contributed by atoms with Crippen molar-refractivity contribution in [2.75, 3.05) is 0 Å². The van der Waals surface area contributed by atoms with Crippen molar-refractivity contribution in [1.29, 1.82) is 0 Å². The first kappa shape index (κ1) is 32.2. The van der Waals surface area contributed by atoms with Crippen molar-refractivity contribution >= 4 is 78.7 Å². The average molecular weight is 598 g/mol. The van der Waals surface area contributed by atoms with Gasteiger partial charge in [-0.05, 0) is 103 Å². The summed E-state index contributed by atoms with van der Waals surface area (Å²) in [5, 5.41) is 0.298. The van der Waals surface area contributed by atoms with Crippen LogP contribution in [0, 0.1) is 0 Å². The van der Waals surface area contributed by atoms with Gasteiger partial charge < -0.3 is 0 Å². The molecule has 0 saturated heterocycles. The molecule has 0 N–H and O–H groups in total. The smallest absolute Gasteiger partial charge is 0.252 e. The van der Waals surface area contributed by atoms with E-state index in [1.165, 1.54) is 39.0 Å². The van der Waals surface area contributed by atoms with Gasteiger partial charge in [-0.25, -0.2) is 0 Å². The Morgan fingerprint density at radius 1 is 0.400 bits per heavy atom. The van der Waals surface area contributed by atoms with Crippen LogP contribution in [-0.2, 0) is 0 Å². The van der Waals surface area contributed by atoms with Crippen molar-refractivity contribution in [1.82, 2.24) is 0 Å². The maximum Gasteiger partial charge on any atom is 0.252 e. The van der Waals surface area contributed by atoms with Crippen molar-refractivity contribution in [3.8, 4) is 0 Å². The maximum atomic E-state index is 11.2. The summed E-state index contributed by atoms with van der Waals surface area (Å²) in [6.45, 7) is 4.44. The number of Topliss-reactive ketones (excluding diaryl/α,β-unsaturated/α-hetero) is 3. The normalized spacial score (nSPS) is 9.85. The molecule has 4 aromatic rings. The molecular weight excluding hydrogens is 575 g/mol. The molecular formula is C31H23Cl3O6. The van der Waals surface area contributed by atoms with Crippen LogP contribution in [0.5, 0.6) is 0 Å². The number of carbonyl (C=O) groups is 6. The SMILES string of the molecule is CC(=O)c1ccc(C(=O)Cl)cc1.CC(=O)c1ccc2cc(C(=O)Cl)ccc2c1.CC(=O)c1cccc(C(=O)Cl)c1. The minimum absolute atomic E-state index is 0.0245. The fourth-order valence-electron chi connectivity index (χ4n) is 3.28. The summed E-state index contributed by atoms with van der Waals surface area (Å²) in [7, 11) is 0. The predicted octanol–water partition coefficient (Wildman–Crippen LogP) is 7.96. The number of ketones is 3. The minimum Gasteiger partial charge on any atom is -0.295 e. The molecule has 0 heterocycles. The van der Waals surface area contributed by atoms with Gasteiger partial charge in [-0.3, -0.25) is 28.8 Å². The van der Waals surface area contributed by atoms with Gasteiger partial charge in [0.1, 0.15) is 0 Å². The summed E-state index contributed by atoms with van der Waals surface area (Å²) in [4.78, 5) is 65.1. The van der Waals surface area contributed by atoms with E-state index < -0.39 is 15.7 Å². The molecule has 0 aromatic heterocycles. The van der Waals surface area contributed by atoms with Crippen LogP contribution in [0.4, 0.5) is 0 Å². The number of carbonyl (C=O) groups excluding carboxylic acids is 6. The largest absolute Gasteiger partial charge is 0.295 e. The summed E-state index contributed by atoms with van der Waals surface area (Å²) in [5.41, 5.74) is 2.96. The second-order valence-electron chi connectivity index (χ2n) is 8.42. The zero-order valence-electron chi connectivity index (χ0n) is 21.7. The second-order valence-corrected chi connectivity index (χ2v) is 9.45. The first-order valence-corrected chi connectivity index (χ1v) is 12.8. The lowest BCUT2D eigenvalue weighted by Gasteiger charge is -2.02. The summed E-state index contributed by atoms with van der Waals surface area (Å²) < 4.78 is 0. The molecule has 0 bridgehead atoms. The lowest BCUT2D eigenvalue weighted by atomic mass is 10.0. The van der Waals surface area contributed by atoms with Crippen LogP contribution < -0.4 is 0 Å². The van der Waals surface area contributed by atoms with Gasteiger partial charge in [0.05, 0.1) is 0 Å². The van der Waals surface area contributed by atoms with Crippen LogP contribution in [0.15, 0.2) is 84.9 Å². The first-order chi connectivity index (χ1) is 18.8. The van der Waals surface area contributed by atoms with E-state index in [-0.39, 0.29) is 17.3 Å². The Hall–Kier alpha value is -3.97. The molecule has 0 aliphatic rings. The second kappa shape index (κ2) is 15.0. The topological polar surface area (TPSA) is 102 Å². The molecule has 0 aliphatic heterocycles. The van der Waals surface area contributed by atoms with Gasteiger partial charge in [-0.1, -0.05) is 48.5 Å². The Balaban J connectivity index is 0.000000214. The summed E-state index contributed by atoms with van der Waals surface area (Å²) >= 11 is 15.8. The quantitative estimate of drug-likeness (QED) is 0.165. The van der Waals surface area contributed by atoms with Crippen LogP contribution in [0.25, 0.3) is 10.8 Å². The zero-order valence-corrected chi connectivity index (χ0v) is 23.9. The van der Waals surface area contributed by atoms with E-state index in [4.69, 9.17) is 34.8 Å². The Kier molecular flexibility index (Phi) is 12.1. The lowest BCUT2D eigenvalue weighted by molar-refractivity contribution is 0.100. The summed E-state index contributed by atoms with van der Waals surface area (Å²) in [6, 6.07) is 23.1. The molecule has 0 fully saturated rings. The molecule has 9 heteroatoms. The Labute approximate surface area is 245 Å². The first-order valence-electron chi connectivity index (χ1n) is 11.7. The van der Waals surface area contributed by atoms with Gasteiger partial charge in [-0.2, -0.15) is 0 Å². The van der Waals surface area contributed by atoms with Crippen LogP contribution in [-0.4, -0.2) is 33.1 Å². The van der Waals surface area contributed by atoms with Gasteiger partial charge in [0.2, 0.25) is 0 Å². The van der Waals surface area contributed by atoms with Crippen molar-refractivity contribution in [2.45, 2.75) is 20.8 Å². The molecule has 0 amide bonds. The van der Waals surface area contributed by atoms with Crippen LogP contribution in [0.1, 0.15) is 82.9 Å². The molecule has 0 saturated carbocycles. The highest BCUT2D eigenvalue weighted by Crippen LogP contribution is 2.19. The molecule has 4 rings (SSSR count). The molecule has 6 nitrogen and oxygen atoms in total. The molecule has 204 valence electrons. The van der Waals surface area contributed by atoms with E-state index in [2.05, 4.69) is 0 Å². The van der Waals surface area contributed by atoms with Crippen molar-refractivity contribution in [2.24, 2.45) is 0 Å². The van der Waals surface area contributed by atoms with Gasteiger partial charge in [0, 0.05) is 33.4 Å². The molecule has 0 radical (unpaired) electrons. The minimum atomic E-state index is -0.543. The zero-order chi connectivity index (χ0) is 30.0. The third-order valence-corrected chi connectivity index (χ3v) is 6.14. The molecule has 0 unspecified atom stereocenters. The maximum absolute atomic E-state index is 11.2. The number of hydrogen-bond acceptors (Lipinski definition) is 6. The third-order valence-electron chi connectivity index (χ3n) is 5.49. The predicted molar refractivity (Wildman–Crippen MR) is 157 cm³/mol. The number of fused-ring (bicyclic) bond motifs is 1. The van der Waals surface area contributed by atoms with Crippen LogP contribution >= 0.6 is 34.8 Å². The Morgan fingerprint density at radius 3 is 1.18 bits per heavy atom. The Morgan fingerprint density at radius 2 is 0.725 bits per heavy atom. The van der Waals surface area contributed by atoms with E-state index >= 15 is 0 Å². The monoisotopic (exact) mass is 596 g/mol. The van der Waals surface area contributed by atoms with Crippen LogP contribution in [0.3, 0.4) is 0 Å². The average Bonchev–Trinajstić information content (AvgIpc) is 2.93. The van der Waals surface area contributed by atoms with Gasteiger partial charge in [0.15, 0.2) is 17.3 Å². The molecule has 0 aliphatic carbocycles. The number of rotatable bonds is 6. The molecule has 0 spiro atoms.